The van der Waals surface area contributed by atoms with Crippen LogP contribution in [0, 0.1) is 0 Å². The van der Waals surface area contributed by atoms with Crippen LogP contribution in [0.2, 0.25) is 0 Å². The molecule has 6 nitrogen and oxygen atoms in total. The summed E-state index contributed by atoms with van der Waals surface area (Å²) in [4.78, 5) is 13.0. The van der Waals surface area contributed by atoms with E-state index in [-0.39, 0.29) is 0 Å². The van der Waals surface area contributed by atoms with Gasteiger partial charge in [0.25, 0.3) is 0 Å². The van der Waals surface area contributed by atoms with E-state index in [9.17, 15) is 0 Å². The van der Waals surface area contributed by atoms with Crippen LogP contribution in [0.5, 0.6) is 5.88 Å². The lowest BCUT2D eigenvalue weighted by molar-refractivity contribution is 0.396. The van der Waals surface area contributed by atoms with Gasteiger partial charge in [-0.2, -0.15) is 0 Å². The van der Waals surface area contributed by atoms with Crippen molar-refractivity contribution in [2.45, 2.75) is 0 Å². The number of rotatable bonds is 3. The largest absolute Gasteiger partial charge is 0.481 e. The first-order valence-electron chi connectivity index (χ1n) is 6.98. The Hall–Kier alpha value is -2.50. The molecule has 3 rings (SSSR count). The summed E-state index contributed by atoms with van der Waals surface area (Å²) in [6, 6.07) is 9.89. The van der Waals surface area contributed by atoms with Gasteiger partial charge in [-0.15, -0.1) is 0 Å². The summed E-state index contributed by atoms with van der Waals surface area (Å²) in [6.45, 7) is 3.75. The zero-order valence-electron chi connectivity index (χ0n) is 12.1. The molecule has 0 radical (unpaired) electrons. The molecule has 0 bridgehead atoms. The van der Waals surface area contributed by atoms with Crippen molar-refractivity contribution in [1.82, 2.24) is 9.97 Å². The lowest BCUT2D eigenvalue weighted by Gasteiger charge is -2.36. The number of piperazine rings is 1. The van der Waals surface area contributed by atoms with Gasteiger partial charge < -0.3 is 20.3 Å². The number of hydrogen-bond donors (Lipinski definition) is 1. The maximum atomic E-state index is 5.73. The van der Waals surface area contributed by atoms with E-state index in [1.54, 1.807) is 13.4 Å². The van der Waals surface area contributed by atoms with E-state index in [1.807, 2.05) is 18.2 Å². The number of hydrogen-bond acceptors (Lipinski definition) is 6. The fraction of sp³-hybridized carbons (Fsp3) is 0.333. The summed E-state index contributed by atoms with van der Waals surface area (Å²) < 4.78 is 5.15. The smallest absolute Gasteiger partial charge is 0.218 e. The van der Waals surface area contributed by atoms with Gasteiger partial charge in [-0.25, -0.2) is 9.97 Å². The molecule has 2 N–H and O–H groups in total. The fourth-order valence-electron chi connectivity index (χ4n) is 2.49. The molecule has 6 heteroatoms. The van der Waals surface area contributed by atoms with Crippen LogP contribution in [0.3, 0.4) is 0 Å². The first-order chi connectivity index (χ1) is 10.3. The first-order valence-corrected chi connectivity index (χ1v) is 6.98. The van der Waals surface area contributed by atoms with Gasteiger partial charge in [0.05, 0.1) is 7.11 Å². The van der Waals surface area contributed by atoms with E-state index in [0.29, 0.717) is 5.88 Å². The Morgan fingerprint density at radius 2 is 1.67 bits per heavy atom. The highest BCUT2D eigenvalue weighted by Crippen LogP contribution is 2.21. The van der Waals surface area contributed by atoms with Crippen molar-refractivity contribution < 1.29 is 4.74 Å². The quantitative estimate of drug-likeness (QED) is 0.860. The Morgan fingerprint density at radius 3 is 2.33 bits per heavy atom. The number of methoxy groups -OCH3 is 1. The molecule has 0 spiro atoms. The number of ether oxygens (including phenoxy) is 1. The molecule has 2 aromatic rings. The fourth-order valence-corrected chi connectivity index (χ4v) is 2.49. The van der Waals surface area contributed by atoms with Crippen LogP contribution in [0.1, 0.15) is 0 Å². The molecule has 21 heavy (non-hydrogen) atoms. The molecular weight excluding hydrogens is 266 g/mol. The molecule has 0 aliphatic carbocycles. The van der Waals surface area contributed by atoms with Gasteiger partial charge in [-0.05, 0) is 24.3 Å². The van der Waals surface area contributed by atoms with Gasteiger partial charge in [0.15, 0.2) is 0 Å². The second-order valence-electron chi connectivity index (χ2n) is 4.98. The molecule has 2 heterocycles. The van der Waals surface area contributed by atoms with Crippen LogP contribution in [-0.2, 0) is 0 Å². The first kappa shape index (κ1) is 13.5. The zero-order valence-corrected chi connectivity index (χ0v) is 12.1. The van der Waals surface area contributed by atoms with E-state index in [4.69, 9.17) is 10.5 Å². The van der Waals surface area contributed by atoms with E-state index in [1.165, 1.54) is 5.69 Å². The summed E-state index contributed by atoms with van der Waals surface area (Å²) in [5.41, 5.74) is 7.74. The molecule has 0 amide bonds. The highest BCUT2D eigenvalue weighted by Gasteiger charge is 2.18. The maximum absolute atomic E-state index is 5.73. The van der Waals surface area contributed by atoms with Crippen LogP contribution >= 0.6 is 0 Å². The van der Waals surface area contributed by atoms with Gasteiger partial charge in [0.2, 0.25) is 5.88 Å². The number of anilines is 3. The summed E-state index contributed by atoms with van der Waals surface area (Å²) in [5, 5.41) is 0. The van der Waals surface area contributed by atoms with E-state index >= 15 is 0 Å². The monoisotopic (exact) mass is 285 g/mol. The van der Waals surface area contributed by atoms with Crippen molar-refractivity contribution in [3.05, 3.63) is 36.7 Å². The molecule has 0 saturated carbocycles. The average Bonchev–Trinajstić information content (AvgIpc) is 2.56. The molecule has 1 aromatic heterocycles. The van der Waals surface area contributed by atoms with Crippen molar-refractivity contribution in [2.75, 3.05) is 48.8 Å². The van der Waals surface area contributed by atoms with Gasteiger partial charge >= 0.3 is 0 Å². The van der Waals surface area contributed by atoms with Crippen LogP contribution in [-0.4, -0.2) is 43.3 Å². The molecule has 1 fully saturated rings. The number of aromatic nitrogens is 2. The molecule has 110 valence electrons. The average molecular weight is 285 g/mol. The van der Waals surface area contributed by atoms with Gasteiger partial charge in [0, 0.05) is 43.6 Å². The van der Waals surface area contributed by atoms with Gasteiger partial charge in [-0.1, -0.05) is 0 Å². The van der Waals surface area contributed by atoms with Crippen molar-refractivity contribution >= 4 is 17.2 Å². The molecule has 1 aromatic carbocycles. The van der Waals surface area contributed by atoms with E-state index in [2.05, 4.69) is 31.9 Å². The minimum Gasteiger partial charge on any atom is -0.481 e. The second kappa shape index (κ2) is 5.87. The summed E-state index contributed by atoms with van der Waals surface area (Å²) in [6.07, 6.45) is 1.54. The standard InChI is InChI=1S/C15H19N5O/c1-21-15-10-14(17-11-18-15)20-8-6-19(7-9-20)13-4-2-12(16)3-5-13/h2-5,10-11H,6-9,16H2,1H3. The highest BCUT2D eigenvalue weighted by molar-refractivity contribution is 5.54. The molecule has 0 unspecified atom stereocenters. The zero-order chi connectivity index (χ0) is 14.7. The minimum atomic E-state index is 0.598. The molecule has 1 saturated heterocycles. The third kappa shape index (κ3) is 2.99. The lowest BCUT2D eigenvalue weighted by Crippen LogP contribution is -2.46. The van der Waals surface area contributed by atoms with Crippen molar-refractivity contribution in [3.8, 4) is 5.88 Å². The predicted molar refractivity (Wildman–Crippen MR) is 83.9 cm³/mol. The van der Waals surface area contributed by atoms with Crippen molar-refractivity contribution in [2.24, 2.45) is 0 Å². The number of nitrogens with two attached hydrogens (primary N) is 1. The summed E-state index contributed by atoms with van der Waals surface area (Å²) >= 11 is 0. The normalized spacial score (nSPS) is 15.1. The van der Waals surface area contributed by atoms with Gasteiger partial charge in [-0.3, -0.25) is 0 Å². The van der Waals surface area contributed by atoms with Crippen molar-refractivity contribution in [3.63, 3.8) is 0 Å². The Morgan fingerprint density at radius 1 is 1.00 bits per heavy atom. The topological polar surface area (TPSA) is 67.5 Å². The predicted octanol–water partition coefficient (Wildman–Crippen LogP) is 1.39. The maximum Gasteiger partial charge on any atom is 0.218 e. The summed E-state index contributed by atoms with van der Waals surface area (Å²) in [5.74, 6) is 1.51. The summed E-state index contributed by atoms with van der Waals surface area (Å²) in [7, 11) is 1.62. The number of nitrogen functional groups attached to an aromatic ring is 1. The van der Waals surface area contributed by atoms with Gasteiger partial charge in [0.1, 0.15) is 12.1 Å². The Kier molecular flexibility index (Phi) is 3.77. The third-order valence-corrected chi connectivity index (χ3v) is 3.70. The molecule has 0 atom stereocenters. The molecule has 1 aliphatic heterocycles. The van der Waals surface area contributed by atoms with E-state index < -0.39 is 0 Å². The van der Waals surface area contributed by atoms with Crippen LogP contribution in [0.4, 0.5) is 17.2 Å². The third-order valence-electron chi connectivity index (χ3n) is 3.70. The van der Waals surface area contributed by atoms with Crippen LogP contribution in [0.25, 0.3) is 0 Å². The van der Waals surface area contributed by atoms with Crippen LogP contribution in [0.15, 0.2) is 36.7 Å². The van der Waals surface area contributed by atoms with Crippen molar-refractivity contribution in [1.29, 1.82) is 0 Å². The second-order valence-corrected chi connectivity index (χ2v) is 4.98. The highest BCUT2D eigenvalue weighted by atomic mass is 16.5. The SMILES string of the molecule is COc1cc(N2CCN(c3ccc(N)cc3)CC2)ncn1. The van der Waals surface area contributed by atoms with E-state index in [0.717, 1.165) is 37.7 Å². The Balaban J connectivity index is 1.65. The Labute approximate surface area is 124 Å². The minimum absolute atomic E-state index is 0.598. The Bertz CT molecular complexity index is 593. The molecular formula is C15H19N5O. The molecule has 1 aliphatic rings. The van der Waals surface area contributed by atoms with Crippen LogP contribution < -0.4 is 20.3 Å². The number of nitrogens with zero attached hydrogens (tertiary/aromatic N) is 4. The lowest BCUT2D eigenvalue weighted by atomic mass is 10.2. The number of benzene rings is 1.